The predicted octanol–water partition coefficient (Wildman–Crippen LogP) is 4.28. The second-order valence-electron chi connectivity index (χ2n) is 4.49. The van der Waals surface area contributed by atoms with Crippen LogP contribution >= 0.6 is 15.9 Å². The summed E-state index contributed by atoms with van der Waals surface area (Å²) in [5, 5.41) is 3.28. The average Bonchev–Trinajstić information content (AvgIpc) is 2.42. The summed E-state index contributed by atoms with van der Waals surface area (Å²) in [6.07, 6.45) is 0. The molecule has 4 heteroatoms. The van der Waals surface area contributed by atoms with Crippen molar-refractivity contribution in [3.63, 3.8) is 0 Å². The quantitative estimate of drug-likeness (QED) is 0.849. The maximum atomic E-state index is 13.2. The van der Waals surface area contributed by atoms with Crippen molar-refractivity contribution in [2.45, 2.75) is 20.1 Å². The van der Waals surface area contributed by atoms with Gasteiger partial charge in [-0.25, -0.2) is 4.39 Å². The number of halogens is 2. The summed E-state index contributed by atoms with van der Waals surface area (Å²) in [5.41, 5.74) is 2.29. The number of hydrogen-bond acceptors (Lipinski definition) is 2. The van der Waals surface area contributed by atoms with Gasteiger partial charge in [0, 0.05) is 17.1 Å². The maximum absolute atomic E-state index is 13.2. The first-order chi connectivity index (χ1) is 9.67. The van der Waals surface area contributed by atoms with Crippen LogP contribution in [0.5, 0.6) is 5.75 Å². The van der Waals surface area contributed by atoms with Crippen LogP contribution in [0.4, 0.5) is 4.39 Å². The zero-order valence-corrected chi connectivity index (χ0v) is 12.9. The van der Waals surface area contributed by atoms with Crippen molar-refractivity contribution in [2.75, 3.05) is 6.54 Å². The Morgan fingerprint density at radius 1 is 1.15 bits per heavy atom. The van der Waals surface area contributed by atoms with Gasteiger partial charge in [0.15, 0.2) is 0 Å². The first kappa shape index (κ1) is 15.0. The van der Waals surface area contributed by atoms with Gasteiger partial charge in [-0.05, 0) is 29.8 Å². The first-order valence-corrected chi connectivity index (χ1v) is 7.34. The third-order valence-electron chi connectivity index (χ3n) is 2.81. The molecular weight excluding hydrogens is 321 g/mol. The molecule has 0 saturated heterocycles. The molecule has 0 saturated carbocycles. The summed E-state index contributed by atoms with van der Waals surface area (Å²) in [7, 11) is 0. The van der Waals surface area contributed by atoms with Crippen molar-refractivity contribution in [1.82, 2.24) is 5.32 Å². The van der Waals surface area contributed by atoms with Crippen LogP contribution < -0.4 is 10.1 Å². The maximum Gasteiger partial charge on any atom is 0.128 e. The van der Waals surface area contributed by atoms with Gasteiger partial charge in [0.25, 0.3) is 0 Å². The van der Waals surface area contributed by atoms with Crippen LogP contribution in [0.3, 0.4) is 0 Å². The lowest BCUT2D eigenvalue weighted by molar-refractivity contribution is 0.304. The van der Waals surface area contributed by atoms with Crippen LogP contribution in [0.25, 0.3) is 0 Å². The predicted molar refractivity (Wildman–Crippen MR) is 82.3 cm³/mol. The van der Waals surface area contributed by atoms with Crippen molar-refractivity contribution in [1.29, 1.82) is 0 Å². The van der Waals surface area contributed by atoms with E-state index in [0.717, 1.165) is 18.7 Å². The minimum atomic E-state index is -0.310. The fraction of sp³-hybridized carbons (Fsp3) is 0.250. The van der Waals surface area contributed by atoms with Crippen LogP contribution in [0.15, 0.2) is 46.9 Å². The van der Waals surface area contributed by atoms with Crippen LogP contribution in [0.2, 0.25) is 0 Å². The van der Waals surface area contributed by atoms with Crippen LogP contribution in [0, 0.1) is 5.82 Å². The summed E-state index contributed by atoms with van der Waals surface area (Å²) >= 11 is 3.25. The molecule has 0 unspecified atom stereocenters. The molecule has 0 atom stereocenters. The second-order valence-corrected chi connectivity index (χ2v) is 5.41. The second kappa shape index (κ2) is 7.41. The normalized spacial score (nSPS) is 10.6. The zero-order valence-electron chi connectivity index (χ0n) is 11.3. The number of ether oxygens (including phenoxy) is 1. The molecule has 0 aliphatic rings. The standard InChI is InChI=1S/C16H17BrFNO/c1-2-19-10-12-4-3-5-13(6-12)11-20-16-8-14(17)7-15(18)9-16/h3-9,19H,2,10-11H2,1H3. The van der Waals surface area contributed by atoms with E-state index in [1.807, 2.05) is 12.1 Å². The Morgan fingerprint density at radius 3 is 2.70 bits per heavy atom. The lowest BCUT2D eigenvalue weighted by atomic mass is 10.1. The molecule has 0 aliphatic carbocycles. The lowest BCUT2D eigenvalue weighted by Gasteiger charge is -2.09. The summed E-state index contributed by atoms with van der Waals surface area (Å²) in [4.78, 5) is 0. The third-order valence-corrected chi connectivity index (χ3v) is 3.27. The molecule has 0 aromatic heterocycles. The van der Waals surface area contributed by atoms with Gasteiger partial charge in [0.1, 0.15) is 18.2 Å². The molecule has 2 aromatic rings. The SMILES string of the molecule is CCNCc1cccc(COc2cc(F)cc(Br)c2)c1. The van der Waals surface area contributed by atoms with Gasteiger partial charge in [0.05, 0.1) is 0 Å². The Kier molecular flexibility index (Phi) is 5.56. The number of nitrogens with one attached hydrogen (secondary N) is 1. The Morgan fingerprint density at radius 2 is 1.95 bits per heavy atom. The van der Waals surface area contributed by atoms with Crippen molar-refractivity contribution >= 4 is 15.9 Å². The molecular formula is C16H17BrFNO. The molecule has 0 bridgehead atoms. The van der Waals surface area contributed by atoms with E-state index >= 15 is 0 Å². The van der Waals surface area contributed by atoms with Gasteiger partial charge in [-0.3, -0.25) is 0 Å². The third kappa shape index (κ3) is 4.62. The minimum absolute atomic E-state index is 0.310. The van der Waals surface area contributed by atoms with Gasteiger partial charge in [-0.15, -0.1) is 0 Å². The van der Waals surface area contributed by atoms with Crippen LogP contribution in [0.1, 0.15) is 18.1 Å². The van der Waals surface area contributed by atoms with E-state index in [9.17, 15) is 4.39 Å². The van der Waals surface area contributed by atoms with Crippen molar-refractivity contribution in [2.24, 2.45) is 0 Å². The van der Waals surface area contributed by atoms with Crippen molar-refractivity contribution in [3.8, 4) is 5.75 Å². The largest absolute Gasteiger partial charge is 0.489 e. The van der Waals surface area contributed by atoms with Gasteiger partial charge in [0.2, 0.25) is 0 Å². The van der Waals surface area contributed by atoms with E-state index in [1.165, 1.54) is 17.7 Å². The molecule has 20 heavy (non-hydrogen) atoms. The molecule has 2 rings (SSSR count). The fourth-order valence-electron chi connectivity index (χ4n) is 1.88. The van der Waals surface area contributed by atoms with Crippen LogP contribution in [-0.4, -0.2) is 6.54 Å². The highest BCUT2D eigenvalue weighted by Gasteiger charge is 2.01. The van der Waals surface area contributed by atoms with Gasteiger partial charge < -0.3 is 10.1 Å². The highest BCUT2D eigenvalue weighted by molar-refractivity contribution is 9.10. The van der Waals surface area contributed by atoms with E-state index in [-0.39, 0.29) is 5.82 Å². The number of benzene rings is 2. The van der Waals surface area contributed by atoms with E-state index in [4.69, 9.17) is 4.74 Å². The monoisotopic (exact) mass is 337 g/mol. The van der Waals surface area contributed by atoms with Crippen molar-refractivity contribution in [3.05, 3.63) is 63.9 Å². The highest BCUT2D eigenvalue weighted by Crippen LogP contribution is 2.21. The van der Waals surface area contributed by atoms with E-state index in [1.54, 1.807) is 6.07 Å². The lowest BCUT2D eigenvalue weighted by Crippen LogP contribution is -2.11. The van der Waals surface area contributed by atoms with Gasteiger partial charge in [-0.1, -0.05) is 47.1 Å². The Labute approximate surface area is 127 Å². The Bertz CT molecular complexity index is 554. The molecule has 0 fully saturated rings. The molecule has 0 spiro atoms. The molecule has 0 heterocycles. The Hall–Kier alpha value is -1.39. The average molecular weight is 338 g/mol. The van der Waals surface area contributed by atoms with E-state index in [0.29, 0.717) is 16.8 Å². The topological polar surface area (TPSA) is 21.3 Å². The first-order valence-electron chi connectivity index (χ1n) is 6.55. The molecule has 0 radical (unpaired) electrons. The molecule has 106 valence electrons. The van der Waals surface area contributed by atoms with E-state index < -0.39 is 0 Å². The number of hydrogen-bond donors (Lipinski definition) is 1. The molecule has 1 N–H and O–H groups in total. The Balaban J connectivity index is 1.99. The fourth-order valence-corrected chi connectivity index (χ4v) is 2.32. The zero-order chi connectivity index (χ0) is 14.4. The summed E-state index contributed by atoms with van der Waals surface area (Å²) in [6.45, 7) is 4.29. The summed E-state index contributed by atoms with van der Waals surface area (Å²) in [6, 6.07) is 12.7. The van der Waals surface area contributed by atoms with Crippen molar-refractivity contribution < 1.29 is 9.13 Å². The van der Waals surface area contributed by atoms with Crippen LogP contribution in [-0.2, 0) is 13.2 Å². The smallest absolute Gasteiger partial charge is 0.128 e. The van der Waals surface area contributed by atoms with Gasteiger partial charge in [-0.2, -0.15) is 0 Å². The molecule has 0 amide bonds. The minimum Gasteiger partial charge on any atom is -0.489 e. The van der Waals surface area contributed by atoms with E-state index in [2.05, 4.69) is 40.3 Å². The summed E-state index contributed by atoms with van der Waals surface area (Å²) in [5.74, 6) is 0.212. The number of rotatable bonds is 6. The van der Waals surface area contributed by atoms with Gasteiger partial charge >= 0.3 is 0 Å². The highest BCUT2D eigenvalue weighted by atomic mass is 79.9. The molecule has 2 nitrogen and oxygen atoms in total. The molecule has 2 aromatic carbocycles. The summed E-state index contributed by atoms with van der Waals surface area (Å²) < 4.78 is 19.5. The molecule has 0 aliphatic heterocycles.